The Labute approximate surface area is 120 Å². The van der Waals surface area contributed by atoms with E-state index in [1.807, 2.05) is 0 Å². The normalized spacial score (nSPS) is 26.3. The average Bonchev–Trinajstić information content (AvgIpc) is 2.72. The molecule has 3 rings (SSSR count). The van der Waals surface area contributed by atoms with Crippen molar-refractivity contribution in [1.82, 2.24) is 10.2 Å². The van der Waals surface area contributed by atoms with E-state index >= 15 is 0 Å². The van der Waals surface area contributed by atoms with Crippen LogP contribution in [0.15, 0.2) is 22.7 Å². The van der Waals surface area contributed by atoms with Gasteiger partial charge in [-0.3, -0.25) is 4.79 Å². The Kier molecular flexibility index (Phi) is 3.58. The minimum absolute atomic E-state index is 0.159. The van der Waals surface area contributed by atoms with Gasteiger partial charge in [0, 0.05) is 25.2 Å². The van der Waals surface area contributed by atoms with Gasteiger partial charge >= 0.3 is 0 Å². The van der Waals surface area contributed by atoms with Crippen LogP contribution in [0.2, 0.25) is 0 Å². The van der Waals surface area contributed by atoms with E-state index in [2.05, 4.69) is 21.2 Å². The van der Waals surface area contributed by atoms with Gasteiger partial charge in [0.2, 0.25) is 0 Å². The number of hydrogen-bond donors (Lipinski definition) is 1. The third kappa shape index (κ3) is 2.54. The number of fused-ring (bicyclic) bond motifs is 2. The van der Waals surface area contributed by atoms with Crippen LogP contribution < -0.4 is 5.32 Å². The second kappa shape index (κ2) is 5.21. The van der Waals surface area contributed by atoms with Gasteiger partial charge in [-0.25, -0.2) is 4.39 Å². The smallest absolute Gasteiger partial charge is 0.256 e. The Balaban J connectivity index is 1.81. The zero-order valence-electron chi connectivity index (χ0n) is 10.5. The first kappa shape index (κ1) is 13.1. The van der Waals surface area contributed by atoms with Crippen molar-refractivity contribution in [2.45, 2.75) is 31.3 Å². The van der Waals surface area contributed by atoms with E-state index < -0.39 is 5.82 Å². The standard InChI is InChI=1S/C14H16BrFN2O/c15-12-3-1-2-11(13(12)16)14(19)18-7-6-9-4-5-10(8-18)17-9/h1-3,9-10,17H,4-8H2. The van der Waals surface area contributed by atoms with Crippen LogP contribution in [0.4, 0.5) is 4.39 Å². The van der Waals surface area contributed by atoms with E-state index in [9.17, 15) is 9.18 Å². The molecule has 2 bridgehead atoms. The van der Waals surface area contributed by atoms with Gasteiger partial charge in [-0.1, -0.05) is 6.07 Å². The number of carbonyl (C=O) groups excluding carboxylic acids is 1. The zero-order chi connectivity index (χ0) is 13.4. The van der Waals surface area contributed by atoms with Crippen LogP contribution >= 0.6 is 15.9 Å². The van der Waals surface area contributed by atoms with Gasteiger partial charge in [-0.2, -0.15) is 0 Å². The summed E-state index contributed by atoms with van der Waals surface area (Å²) in [4.78, 5) is 14.2. The SMILES string of the molecule is O=C(c1cccc(Br)c1F)N1CCC2CCC(C1)N2. The van der Waals surface area contributed by atoms with Crippen molar-refractivity contribution < 1.29 is 9.18 Å². The molecule has 1 aromatic carbocycles. The highest BCUT2D eigenvalue weighted by Crippen LogP contribution is 2.24. The number of likely N-dealkylation sites (tertiary alicyclic amines) is 1. The van der Waals surface area contributed by atoms with Crippen molar-refractivity contribution in [1.29, 1.82) is 0 Å². The van der Waals surface area contributed by atoms with E-state index in [1.165, 1.54) is 6.42 Å². The molecule has 0 saturated carbocycles. The van der Waals surface area contributed by atoms with Crippen LogP contribution in [0.5, 0.6) is 0 Å². The van der Waals surface area contributed by atoms with Crippen molar-refractivity contribution in [2.75, 3.05) is 13.1 Å². The van der Waals surface area contributed by atoms with Gasteiger partial charge in [-0.15, -0.1) is 0 Å². The summed E-state index contributed by atoms with van der Waals surface area (Å²) >= 11 is 3.13. The second-order valence-electron chi connectivity index (χ2n) is 5.28. The lowest BCUT2D eigenvalue weighted by molar-refractivity contribution is 0.0743. The topological polar surface area (TPSA) is 32.3 Å². The van der Waals surface area contributed by atoms with Crippen molar-refractivity contribution >= 4 is 21.8 Å². The van der Waals surface area contributed by atoms with E-state index in [0.717, 1.165) is 12.8 Å². The highest BCUT2D eigenvalue weighted by Gasteiger charge is 2.32. The number of amides is 1. The van der Waals surface area contributed by atoms with Crippen LogP contribution in [0, 0.1) is 5.82 Å². The maximum Gasteiger partial charge on any atom is 0.256 e. The van der Waals surface area contributed by atoms with Gasteiger partial charge in [0.1, 0.15) is 5.82 Å². The third-order valence-electron chi connectivity index (χ3n) is 3.99. The Hall–Kier alpha value is -0.940. The molecular formula is C14H16BrFN2O. The van der Waals surface area contributed by atoms with Crippen LogP contribution in [0.25, 0.3) is 0 Å². The Morgan fingerprint density at radius 1 is 1.32 bits per heavy atom. The lowest BCUT2D eigenvalue weighted by atomic mass is 10.1. The maximum absolute atomic E-state index is 14.0. The molecule has 2 unspecified atom stereocenters. The summed E-state index contributed by atoms with van der Waals surface area (Å²) in [5.41, 5.74) is 0.159. The maximum atomic E-state index is 14.0. The molecule has 0 aliphatic carbocycles. The first-order chi connectivity index (χ1) is 9.15. The number of halogens is 2. The van der Waals surface area contributed by atoms with Gasteiger partial charge < -0.3 is 10.2 Å². The molecule has 1 aromatic rings. The molecule has 2 aliphatic heterocycles. The molecule has 2 fully saturated rings. The molecule has 2 atom stereocenters. The first-order valence-electron chi connectivity index (χ1n) is 6.64. The van der Waals surface area contributed by atoms with Gasteiger partial charge in [0.05, 0.1) is 10.0 Å². The van der Waals surface area contributed by atoms with Crippen LogP contribution in [-0.2, 0) is 0 Å². The van der Waals surface area contributed by atoms with Crippen LogP contribution in [0.3, 0.4) is 0 Å². The minimum Gasteiger partial charge on any atom is -0.337 e. The minimum atomic E-state index is -0.463. The zero-order valence-corrected chi connectivity index (χ0v) is 12.1. The molecule has 3 nitrogen and oxygen atoms in total. The third-order valence-corrected chi connectivity index (χ3v) is 4.60. The quantitative estimate of drug-likeness (QED) is 0.860. The van der Waals surface area contributed by atoms with Gasteiger partial charge in [0.15, 0.2) is 0 Å². The first-order valence-corrected chi connectivity index (χ1v) is 7.44. The fraction of sp³-hybridized carbons (Fsp3) is 0.500. The molecule has 5 heteroatoms. The highest BCUT2D eigenvalue weighted by atomic mass is 79.9. The number of hydrogen-bond acceptors (Lipinski definition) is 2. The average molecular weight is 327 g/mol. The molecule has 2 aliphatic rings. The van der Waals surface area contributed by atoms with Gasteiger partial charge in [0.25, 0.3) is 5.91 Å². The summed E-state index contributed by atoms with van der Waals surface area (Å²) in [5, 5.41) is 3.52. The lowest BCUT2D eigenvalue weighted by Gasteiger charge is -2.24. The summed E-state index contributed by atoms with van der Waals surface area (Å²) in [6, 6.07) is 5.75. The van der Waals surface area contributed by atoms with Crippen molar-refractivity contribution in [3.05, 3.63) is 34.1 Å². The van der Waals surface area contributed by atoms with E-state index in [-0.39, 0.29) is 11.5 Å². The lowest BCUT2D eigenvalue weighted by Crippen LogP contribution is -2.39. The molecule has 2 heterocycles. The van der Waals surface area contributed by atoms with Crippen LogP contribution in [0.1, 0.15) is 29.6 Å². The number of benzene rings is 1. The number of rotatable bonds is 1. The summed E-state index contributed by atoms with van der Waals surface area (Å²) in [6.45, 7) is 1.39. The van der Waals surface area contributed by atoms with Crippen molar-refractivity contribution in [3.8, 4) is 0 Å². The monoisotopic (exact) mass is 326 g/mol. The summed E-state index contributed by atoms with van der Waals surface area (Å²) in [5.74, 6) is -0.664. The Bertz CT molecular complexity index is 508. The fourth-order valence-electron chi connectivity index (χ4n) is 2.97. The molecule has 0 radical (unpaired) electrons. The predicted molar refractivity (Wildman–Crippen MR) is 74.6 cm³/mol. The van der Waals surface area contributed by atoms with E-state index in [0.29, 0.717) is 29.6 Å². The molecule has 102 valence electrons. The van der Waals surface area contributed by atoms with Crippen molar-refractivity contribution in [3.63, 3.8) is 0 Å². The summed E-state index contributed by atoms with van der Waals surface area (Å²) in [7, 11) is 0. The molecule has 0 aromatic heterocycles. The molecule has 2 saturated heterocycles. The van der Waals surface area contributed by atoms with E-state index in [4.69, 9.17) is 0 Å². The highest BCUT2D eigenvalue weighted by molar-refractivity contribution is 9.10. The molecule has 19 heavy (non-hydrogen) atoms. The fourth-order valence-corrected chi connectivity index (χ4v) is 3.33. The Morgan fingerprint density at radius 2 is 2.11 bits per heavy atom. The number of nitrogens with one attached hydrogen (secondary N) is 1. The van der Waals surface area contributed by atoms with Crippen molar-refractivity contribution in [2.24, 2.45) is 0 Å². The number of carbonyl (C=O) groups is 1. The summed E-state index contributed by atoms with van der Waals surface area (Å²) in [6.07, 6.45) is 3.26. The van der Waals surface area contributed by atoms with Crippen LogP contribution in [-0.4, -0.2) is 36.0 Å². The molecular weight excluding hydrogens is 311 g/mol. The van der Waals surface area contributed by atoms with E-state index in [1.54, 1.807) is 23.1 Å². The van der Waals surface area contributed by atoms with Gasteiger partial charge in [-0.05, 0) is 47.3 Å². The molecule has 0 spiro atoms. The number of nitrogens with zero attached hydrogens (tertiary/aromatic N) is 1. The molecule has 1 N–H and O–H groups in total. The predicted octanol–water partition coefficient (Wildman–Crippen LogP) is 2.55. The largest absolute Gasteiger partial charge is 0.337 e. The summed E-state index contributed by atoms with van der Waals surface area (Å²) < 4.78 is 14.3. The second-order valence-corrected chi connectivity index (χ2v) is 6.13. The Morgan fingerprint density at radius 3 is 2.95 bits per heavy atom. The molecule has 1 amide bonds.